The highest BCUT2D eigenvalue weighted by Gasteiger charge is 2.33. The third-order valence-corrected chi connectivity index (χ3v) is 5.52. The summed E-state index contributed by atoms with van der Waals surface area (Å²) >= 11 is 0. The number of carbonyl (C=O) groups is 1. The number of hydrogen-bond donors (Lipinski definition) is 0. The second-order valence-electron chi connectivity index (χ2n) is 7.95. The van der Waals surface area contributed by atoms with Crippen LogP contribution in [0.25, 0.3) is 0 Å². The number of ether oxygens (including phenoxy) is 1. The lowest BCUT2D eigenvalue weighted by molar-refractivity contribution is -0.0406. The fourth-order valence-electron chi connectivity index (χ4n) is 3.94. The van der Waals surface area contributed by atoms with E-state index in [1.165, 1.54) is 6.26 Å². The van der Waals surface area contributed by atoms with Crippen molar-refractivity contribution in [1.29, 1.82) is 5.26 Å². The molecule has 0 radical (unpaired) electrons. The van der Waals surface area contributed by atoms with E-state index in [1.807, 2.05) is 20.8 Å². The monoisotopic (exact) mass is 380 g/mol. The number of fused-ring (bicyclic) bond motifs is 1. The number of anilines is 1. The van der Waals surface area contributed by atoms with Gasteiger partial charge in [-0.3, -0.25) is 4.79 Å². The summed E-state index contributed by atoms with van der Waals surface area (Å²) in [6.07, 6.45) is 2.20. The van der Waals surface area contributed by atoms with E-state index in [0.29, 0.717) is 50.5 Å². The predicted octanol–water partition coefficient (Wildman–Crippen LogP) is 2.67. The molecule has 0 spiro atoms. The Morgan fingerprint density at radius 3 is 2.64 bits per heavy atom. The van der Waals surface area contributed by atoms with Crippen LogP contribution < -0.4 is 4.90 Å². The molecule has 0 N–H and O–H groups in total. The van der Waals surface area contributed by atoms with Gasteiger partial charge in [0.1, 0.15) is 11.9 Å². The van der Waals surface area contributed by atoms with Crippen molar-refractivity contribution < 1.29 is 13.9 Å². The topological polar surface area (TPSA) is 82.6 Å². The number of pyridine rings is 1. The first-order chi connectivity index (χ1) is 13.4. The van der Waals surface area contributed by atoms with Gasteiger partial charge in [0.2, 0.25) is 0 Å². The van der Waals surface area contributed by atoms with Gasteiger partial charge in [-0.05, 0) is 38.5 Å². The lowest BCUT2D eigenvalue weighted by Gasteiger charge is -2.37. The van der Waals surface area contributed by atoms with Crippen molar-refractivity contribution in [3.63, 3.8) is 0 Å². The van der Waals surface area contributed by atoms with Crippen LogP contribution in [0, 0.1) is 18.3 Å². The van der Waals surface area contributed by atoms with Crippen LogP contribution in [0.4, 0.5) is 5.82 Å². The summed E-state index contributed by atoms with van der Waals surface area (Å²) in [4.78, 5) is 21.1. The van der Waals surface area contributed by atoms with Gasteiger partial charge in [0, 0.05) is 43.9 Å². The molecule has 146 valence electrons. The number of carbonyl (C=O) groups excluding carboxylic acids is 1. The van der Waals surface area contributed by atoms with Gasteiger partial charge in [0.15, 0.2) is 5.76 Å². The Morgan fingerprint density at radius 2 is 2.00 bits per heavy atom. The van der Waals surface area contributed by atoms with Crippen molar-refractivity contribution in [3.05, 3.63) is 46.5 Å². The second kappa shape index (κ2) is 6.95. The van der Waals surface area contributed by atoms with Gasteiger partial charge in [0.05, 0.1) is 24.0 Å². The van der Waals surface area contributed by atoms with Gasteiger partial charge in [-0.25, -0.2) is 4.98 Å². The number of aryl methyl sites for hydroxylation is 1. The van der Waals surface area contributed by atoms with Crippen molar-refractivity contribution in [2.24, 2.45) is 0 Å². The summed E-state index contributed by atoms with van der Waals surface area (Å²) in [5, 5.41) is 9.90. The summed E-state index contributed by atoms with van der Waals surface area (Å²) in [6, 6.07) is 5.78. The van der Waals surface area contributed by atoms with Crippen LogP contribution >= 0.6 is 0 Å². The van der Waals surface area contributed by atoms with E-state index in [2.05, 4.69) is 11.0 Å². The largest absolute Gasteiger partial charge is 0.459 e. The SMILES string of the molecule is Cc1nc(N2CCN(C(=O)c3ccco3)CC2)c(C#N)c2c1COC(C)(C)C2. The molecule has 2 aromatic rings. The van der Waals surface area contributed by atoms with E-state index < -0.39 is 0 Å². The van der Waals surface area contributed by atoms with E-state index in [0.717, 1.165) is 22.6 Å². The third kappa shape index (κ3) is 3.25. The fourth-order valence-corrected chi connectivity index (χ4v) is 3.94. The van der Waals surface area contributed by atoms with E-state index in [-0.39, 0.29) is 11.5 Å². The molecular formula is C21H24N4O3. The first-order valence-corrected chi connectivity index (χ1v) is 9.54. The highest BCUT2D eigenvalue weighted by molar-refractivity contribution is 5.91. The van der Waals surface area contributed by atoms with Crippen LogP contribution in [0.3, 0.4) is 0 Å². The summed E-state index contributed by atoms with van der Waals surface area (Å²) in [7, 11) is 0. The van der Waals surface area contributed by atoms with Crippen molar-refractivity contribution >= 4 is 11.7 Å². The third-order valence-electron chi connectivity index (χ3n) is 5.52. The minimum absolute atomic E-state index is 0.0985. The zero-order chi connectivity index (χ0) is 19.9. The lowest BCUT2D eigenvalue weighted by Crippen LogP contribution is -2.49. The Bertz CT molecular complexity index is 936. The highest BCUT2D eigenvalue weighted by atomic mass is 16.5. The molecule has 0 saturated carbocycles. The molecule has 0 aromatic carbocycles. The van der Waals surface area contributed by atoms with Crippen LogP contribution in [0.5, 0.6) is 0 Å². The number of hydrogen-bond acceptors (Lipinski definition) is 6. The van der Waals surface area contributed by atoms with Crippen molar-refractivity contribution in [3.8, 4) is 6.07 Å². The van der Waals surface area contributed by atoms with Gasteiger partial charge < -0.3 is 19.0 Å². The zero-order valence-electron chi connectivity index (χ0n) is 16.5. The fraction of sp³-hybridized carbons (Fsp3) is 0.476. The van der Waals surface area contributed by atoms with Crippen LogP contribution in [-0.2, 0) is 17.8 Å². The second-order valence-corrected chi connectivity index (χ2v) is 7.95. The minimum Gasteiger partial charge on any atom is -0.459 e. The van der Waals surface area contributed by atoms with Crippen molar-refractivity contribution in [2.45, 2.75) is 39.4 Å². The van der Waals surface area contributed by atoms with E-state index >= 15 is 0 Å². The Balaban J connectivity index is 1.58. The average molecular weight is 380 g/mol. The van der Waals surface area contributed by atoms with E-state index in [9.17, 15) is 10.1 Å². The smallest absolute Gasteiger partial charge is 0.289 e. The molecule has 2 aliphatic heterocycles. The Hall–Kier alpha value is -2.85. The van der Waals surface area contributed by atoms with Gasteiger partial charge >= 0.3 is 0 Å². The highest BCUT2D eigenvalue weighted by Crippen LogP contribution is 2.35. The summed E-state index contributed by atoms with van der Waals surface area (Å²) < 4.78 is 11.1. The summed E-state index contributed by atoms with van der Waals surface area (Å²) in [6.45, 7) is 8.95. The number of piperazine rings is 1. The molecule has 1 fully saturated rings. The Kier molecular flexibility index (Phi) is 4.60. The lowest BCUT2D eigenvalue weighted by atomic mass is 9.88. The molecule has 4 rings (SSSR count). The van der Waals surface area contributed by atoms with Crippen LogP contribution in [-0.4, -0.2) is 47.6 Å². The van der Waals surface area contributed by atoms with Crippen LogP contribution in [0.2, 0.25) is 0 Å². The Morgan fingerprint density at radius 1 is 1.25 bits per heavy atom. The molecule has 4 heterocycles. The first-order valence-electron chi connectivity index (χ1n) is 9.54. The normalized spacial score (nSPS) is 18.5. The average Bonchev–Trinajstić information content (AvgIpc) is 3.21. The van der Waals surface area contributed by atoms with Gasteiger partial charge in [-0.2, -0.15) is 5.26 Å². The summed E-state index contributed by atoms with van der Waals surface area (Å²) in [5.41, 5.74) is 3.34. The molecule has 0 bridgehead atoms. The molecule has 2 aliphatic rings. The Labute approximate surface area is 164 Å². The zero-order valence-corrected chi connectivity index (χ0v) is 16.5. The predicted molar refractivity (Wildman–Crippen MR) is 103 cm³/mol. The molecule has 1 amide bonds. The number of nitriles is 1. The maximum absolute atomic E-state index is 12.5. The van der Waals surface area contributed by atoms with Crippen LogP contribution in [0.1, 0.15) is 46.8 Å². The van der Waals surface area contributed by atoms with E-state index in [1.54, 1.807) is 17.0 Å². The molecule has 7 nitrogen and oxygen atoms in total. The molecule has 7 heteroatoms. The van der Waals surface area contributed by atoms with Gasteiger partial charge in [0.25, 0.3) is 5.91 Å². The van der Waals surface area contributed by atoms with E-state index in [4.69, 9.17) is 14.1 Å². The summed E-state index contributed by atoms with van der Waals surface area (Å²) in [5.74, 6) is 0.983. The maximum Gasteiger partial charge on any atom is 0.289 e. The first kappa shape index (κ1) is 18.5. The van der Waals surface area contributed by atoms with Gasteiger partial charge in [-0.15, -0.1) is 0 Å². The van der Waals surface area contributed by atoms with Gasteiger partial charge in [-0.1, -0.05) is 0 Å². The minimum atomic E-state index is -0.294. The molecule has 0 aliphatic carbocycles. The molecule has 0 atom stereocenters. The number of nitrogens with zero attached hydrogens (tertiary/aromatic N) is 4. The molecular weight excluding hydrogens is 356 g/mol. The molecule has 2 aromatic heterocycles. The maximum atomic E-state index is 12.5. The quantitative estimate of drug-likeness (QED) is 0.797. The number of furan rings is 1. The molecule has 0 unspecified atom stereocenters. The number of rotatable bonds is 2. The number of aromatic nitrogens is 1. The number of amides is 1. The van der Waals surface area contributed by atoms with Crippen LogP contribution in [0.15, 0.2) is 22.8 Å². The molecule has 28 heavy (non-hydrogen) atoms. The van der Waals surface area contributed by atoms with Crippen molar-refractivity contribution in [2.75, 3.05) is 31.1 Å². The van der Waals surface area contributed by atoms with Crippen molar-refractivity contribution in [1.82, 2.24) is 9.88 Å². The molecule has 1 saturated heterocycles. The standard InChI is InChI=1S/C21H24N4O3/c1-14-17-13-28-21(2,3)11-15(17)16(12-22)19(23-14)24-6-8-25(9-7-24)20(26)18-5-4-10-27-18/h4-5,10H,6-9,11,13H2,1-3H3.